The average molecular weight is 325 g/mol. The van der Waals surface area contributed by atoms with Gasteiger partial charge in [0.1, 0.15) is 11.0 Å². The summed E-state index contributed by atoms with van der Waals surface area (Å²) in [5.41, 5.74) is 3.57. The van der Waals surface area contributed by atoms with Crippen LogP contribution in [0.5, 0.6) is 0 Å². The van der Waals surface area contributed by atoms with E-state index in [1.165, 1.54) is 16.6 Å². The highest BCUT2D eigenvalue weighted by Crippen LogP contribution is 2.33. The van der Waals surface area contributed by atoms with Crippen molar-refractivity contribution in [2.45, 2.75) is 26.8 Å². The van der Waals surface area contributed by atoms with E-state index in [1.54, 1.807) is 11.3 Å². The molecule has 7 heteroatoms. The number of anilines is 1. The Bertz CT molecular complexity index is 765. The van der Waals surface area contributed by atoms with Crippen LogP contribution in [0.15, 0.2) is 12.1 Å². The van der Waals surface area contributed by atoms with Crippen molar-refractivity contribution in [3.8, 4) is 0 Å². The summed E-state index contributed by atoms with van der Waals surface area (Å²) in [4.78, 5) is 5.81. The first-order valence-electron chi connectivity index (χ1n) is 6.17. The Kier molecular flexibility index (Phi) is 3.62. The molecule has 1 atom stereocenters. The van der Waals surface area contributed by atoms with Crippen LogP contribution in [-0.2, 0) is 0 Å². The minimum Gasteiger partial charge on any atom is -0.374 e. The Balaban J connectivity index is 1.98. The third-order valence-corrected chi connectivity index (χ3v) is 4.85. The van der Waals surface area contributed by atoms with Crippen LogP contribution in [-0.4, -0.2) is 13.7 Å². The summed E-state index contributed by atoms with van der Waals surface area (Å²) in [5, 5.41) is 5.16. The quantitative estimate of drug-likeness (QED) is 0.765. The van der Waals surface area contributed by atoms with Crippen molar-refractivity contribution < 1.29 is 0 Å². The Morgan fingerprint density at radius 2 is 2.05 bits per heavy atom. The van der Waals surface area contributed by atoms with Gasteiger partial charge in [0, 0.05) is 4.88 Å². The van der Waals surface area contributed by atoms with Crippen molar-refractivity contribution >= 4 is 51.4 Å². The predicted octanol–water partition coefficient (Wildman–Crippen LogP) is 4.59. The zero-order valence-electron chi connectivity index (χ0n) is 11.3. The number of rotatable bonds is 3. The maximum atomic E-state index is 6.29. The third kappa shape index (κ3) is 2.39. The second-order valence-corrected chi connectivity index (χ2v) is 6.94. The highest BCUT2D eigenvalue weighted by molar-refractivity contribution is 7.11. The molecule has 2 heterocycles. The zero-order valence-corrected chi connectivity index (χ0v) is 13.7. The van der Waals surface area contributed by atoms with Gasteiger partial charge in [-0.3, -0.25) is 0 Å². The number of nitrogens with one attached hydrogen (secondary N) is 1. The molecular formula is C13H13ClN4S2. The van der Waals surface area contributed by atoms with Gasteiger partial charge in [0.2, 0.25) is 0 Å². The molecular weight excluding hydrogens is 312 g/mol. The first-order chi connectivity index (χ1) is 9.56. The fraction of sp³-hybridized carbons (Fsp3) is 0.308. The van der Waals surface area contributed by atoms with Crippen LogP contribution in [0.1, 0.15) is 28.5 Å². The van der Waals surface area contributed by atoms with Crippen molar-refractivity contribution in [2.75, 3.05) is 5.32 Å². The SMILES string of the molecule is Cc1nc(C(C)Nc2c(Cl)ccc3nsnc23)c(C)s1. The standard InChI is InChI=1S/C13H13ClN4S2/c1-6(11-7(2)19-8(3)16-11)15-12-9(14)4-5-10-13(12)18-20-17-10/h4-6,15H,1-3H3. The molecule has 0 spiro atoms. The molecule has 3 aromatic rings. The normalized spacial score (nSPS) is 12.8. The molecule has 0 bridgehead atoms. The molecule has 1 unspecified atom stereocenters. The number of fused-ring (bicyclic) bond motifs is 1. The minimum atomic E-state index is 0.0738. The van der Waals surface area contributed by atoms with Crippen molar-refractivity contribution in [1.82, 2.24) is 13.7 Å². The van der Waals surface area contributed by atoms with E-state index in [4.69, 9.17) is 11.6 Å². The summed E-state index contributed by atoms with van der Waals surface area (Å²) in [7, 11) is 0. The van der Waals surface area contributed by atoms with Gasteiger partial charge in [0.25, 0.3) is 0 Å². The first-order valence-corrected chi connectivity index (χ1v) is 8.10. The lowest BCUT2D eigenvalue weighted by Crippen LogP contribution is -2.09. The molecule has 0 saturated carbocycles. The summed E-state index contributed by atoms with van der Waals surface area (Å²) in [6, 6.07) is 3.80. The molecule has 1 N–H and O–H groups in total. The molecule has 0 saturated heterocycles. The van der Waals surface area contributed by atoms with E-state index < -0.39 is 0 Å². The van der Waals surface area contributed by atoms with E-state index >= 15 is 0 Å². The van der Waals surface area contributed by atoms with Crippen LogP contribution in [0.4, 0.5) is 5.69 Å². The monoisotopic (exact) mass is 324 g/mol. The number of benzene rings is 1. The topological polar surface area (TPSA) is 50.7 Å². The Labute approximate surface area is 130 Å². The van der Waals surface area contributed by atoms with Gasteiger partial charge in [-0.1, -0.05) is 11.6 Å². The van der Waals surface area contributed by atoms with E-state index in [1.807, 2.05) is 19.1 Å². The zero-order chi connectivity index (χ0) is 14.3. The predicted molar refractivity (Wildman–Crippen MR) is 86.1 cm³/mol. The smallest absolute Gasteiger partial charge is 0.129 e. The van der Waals surface area contributed by atoms with Crippen molar-refractivity contribution in [3.05, 3.63) is 32.7 Å². The molecule has 1 aromatic carbocycles. The number of hydrogen-bond acceptors (Lipinski definition) is 6. The average Bonchev–Trinajstić information content (AvgIpc) is 2.99. The maximum Gasteiger partial charge on any atom is 0.129 e. The van der Waals surface area contributed by atoms with Crippen LogP contribution in [0, 0.1) is 13.8 Å². The van der Waals surface area contributed by atoms with Gasteiger partial charge in [0.15, 0.2) is 0 Å². The first kappa shape index (κ1) is 13.7. The number of nitrogens with zero attached hydrogens (tertiary/aromatic N) is 3. The van der Waals surface area contributed by atoms with Gasteiger partial charge in [-0.05, 0) is 32.9 Å². The number of aryl methyl sites for hydroxylation is 2. The molecule has 0 fully saturated rings. The lowest BCUT2D eigenvalue weighted by Gasteiger charge is -2.15. The fourth-order valence-corrected chi connectivity index (χ4v) is 3.86. The van der Waals surface area contributed by atoms with Crippen LogP contribution in [0.2, 0.25) is 5.02 Å². The molecule has 2 aromatic heterocycles. The fourth-order valence-electron chi connectivity index (χ4n) is 2.20. The lowest BCUT2D eigenvalue weighted by molar-refractivity contribution is 0.838. The summed E-state index contributed by atoms with van der Waals surface area (Å²) in [6.07, 6.45) is 0. The summed E-state index contributed by atoms with van der Waals surface area (Å²) in [5.74, 6) is 0. The van der Waals surface area contributed by atoms with Gasteiger partial charge >= 0.3 is 0 Å². The second-order valence-electron chi connectivity index (χ2n) is 4.59. The largest absolute Gasteiger partial charge is 0.374 e. The van der Waals surface area contributed by atoms with Gasteiger partial charge < -0.3 is 5.32 Å². The Morgan fingerprint density at radius 3 is 2.75 bits per heavy atom. The van der Waals surface area contributed by atoms with E-state index in [0.29, 0.717) is 5.02 Å². The summed E-state index contributed by atoms with van der Waals surface area (Å²) >= 11 is 9.19. The molecule has 104 valence electrons. The maximum absolute atomic E-state index is 6.29. The van der Waals surface area contributed by atoms with Crippen LogP contribution in [0.25, 0.3) is 11.0 Å². The Hall–Kier alpha value is -1.24. The molecule has 0 aliphatic rings. The number of aromatic nitrogens is 3. The van der Waals surface area contributed by atoms with E-state index in [0.717, 1.165) is 27.4 Å². The van der Waals surface area contributed by atoms with E-state index in [2.05, 4.69) is 32.9 Å². The molecule has 0 aliphatic heterocycles. The van der Waals surface area contributed by atoms with Crippen molar-refractivity contribution in [2.24, 2.45) is 0 Å². The molecule has 0 amide bonds. The van der Waals surface area contributed by atoms with Crippen LogP contribution in [0.3, 0.4) is 0 Å². The molecule has 3 rings (SSSR count). The van der Waals surface area contributed by atoms with E-state index in [9.17, 15) is 0 Å². The molecule has 0 radical (unpaired) electrons. The van der Waals surface area contributed by atoms with Gasteiger partial charge in [-0.2, -0.15) is 8.75 Å². The van der Waals surface area contributed by atoms with Crippen LogP contribution >= 0.6 is 34.7 Å². The minimum absolute atomic E-state index is 0.0738. The molecule has 0 aliphatic carbocycles. The van der Waals surface area contributed by atoms with Gasteiger partial charge in [0.05, 0.1) is 39.2 Å². The molecule has 20 heavy (non-hydrogen) atoms. The summed E-state index contributed by atoms with van der Waals surface area (Å²) in [6.45, 7) is 6.19. The highest BCUT2D eigenvalue weighted by atomic mass is 35.5. The Morgan fingerprint density at radius 1 is 1.25 bits per heavy atom. The van der Waals surface area contributed by atoms with Gasteiger partial charge in [-0.15, -0.1) is 11.3 Å². The van der Waals surface area contributed by atoms with Crippen molar-refractivity contribution in [3.63, 3.8) is 0 Å². The highest BCUT2D eigenvalue weighted by Gasteiger charge is 2.17. The van der Waals surface area contributed by atoms with E-state index in [-0.39, 0.29) is 6.04 Å². The molecule has 4 nitrogen and oxygen atoms in total. The van der Waals surface area contributed by atoms with Crippen molar-refractivity contribution in [1.29, 1.82) is 0 Å². The summed E-state index contributed by atoms with van der Waals surface area (Å²) < 4.78 is 8.56. The van der Waals surface area contributed by atoms with Gasteiger partial charge in [-0.25, -0.2) is 4.98 Å². The second kappa shape index (κ2) is 5.27. The number of halogens is 1. The number of hydrogen-bond donors (Lipinski definition) is 1. The third-order valence-electron chi connectivity index (χ3n) is 3.09. The lowest BCUT2D eigenvalue weighted by atomic mass is 10.2. The number of thiazole rings is 1. The van der Waals surface area contributed by atoms with Crippen LogP contribution < -0.4 is 5.32 Å².